The van der Waals surface area contributed by atoms with E-state index in [0.29, 0.717) is 16.7 Å². The number of aryl methyl sites for hydroxylation is 2. The lowest BCUT2D eigenvalue weighted by atomic mass is 9.98. The summed E-state index contributed by atoms with van der Waals surface area (Å²) >= 11 is 0. The van der Waals surface area contributed by atoms with Crippen molar-refractivity contribution < 1.29 is 9.50 Å². The highest BCUT2D eigenvalue weighted by atomic mass is 19.1. The van der Waals surface area contributed by atoms with E-state index in [0.717, 1.165) is 5.56 Å². The van der Waals surface area contributed by atoms with Crippen molar-refractivity contribution in [1.82, 2.24) is 0 Å². The predicted octanol–water partition coefficient (Wildman–Crippen LogP) is 3.52. The topological polar surface area (TPSA) is 20.2 Å². The fraction of sp³-hybridized carbons (Fsp3) is 0.200. The monoisotopic (exact) mass is 230 g/mol. The fourth-order valence-electron chi connectivity index (χ4n) is 1.81. The summed E-state index contributed by atoms with van der Waals surface area (Å²) in [4.78, 5) is 0. The highest BCUT2D eigenvalue weighted by Crippen LogP contribution is 2.25. The van der Waals surface area contributed by atoms with E-state index in [4.69, 9.17) is 0 Å². The third-order valence-electron chi connectivity index (χ3n) is 2.91. The Bertz CT molecular complexity index is 517. The SMILES string of the molecule is Cc1ccc(C(O)c2cccc(C)c2F)cc1. The van der Waals surface area contributed by atoms with Gasteiger partial charge in [0.25, 0.3) is 0 Å². The Balaban J connectivity index is 2.40. The zero-order chi connectivity index (χ0) is 12.4. The minimum atomic E-state index is -0.907. The van der Waals surface area contributed by atoms with Crippen LogP contribution in [0.4, 0.5) is 4.39 Å². The molecule has 0 aliphatic heterocycles. The number of benzene rings is 2. The lowest BCUT2D eigenvalue weighted by Crippen LogP contribution is -2.03. The summed E-state index contributed by atoms with van der Waals surface area (Å²) in [5.41, 5.74) is 2.70. The molecule has 1 unspecified atom stereocenters. The van der Waals surface area contributed by atoms with Gasteiger partial charge in [0.15, 0.2) is 0 Å². The van der Waals surface area contributed by atoms with E-state index in [9.17, 15) is 9.50 Å². The van der Waals surface area contributed by atoms with E-state index in [1.165, 1.54) is 0 Å². The van der Waals surface area contributed by atoms with Gasteiger partial charge in [0.2, 0.25) is 0 Å². The van der Waals surface area contributed by atoms with Gasteiger partial charge in [-0.05, 0) is 25.0 Å². The molecular formula is C15H15FO. The summed E-state index contributed by atoms with van der Waals surface area (Å²) < 4.78 is 13.9. The van der Waals surface area contributed by atoms with Crippen LogP contribution < -0.4 is 0 Å². The third-order valence-corrected chi connectivity index (χ3v) is 2.91. The van der Waals surface area contributed by atoms with Crippen LogP contribution in [0.15, 0.2) is 42.5 Å². The van der Waals surface area contributed by atoms with Gasteiger partial charge in [-0.2, -0.15) is 0 Å². The molecule has 0 saturated heterocycles. The highest BCUT2D eigenvalue weighted by molar-refractivity contribution is 5.34. The van der Waals surface area contributed by atoms with Crippen molar-refractivity contribution in [2.75, 3.05) is 0 Å². The van der Waals surface area contributed by atoms with Gasteiger partial charge in [0.05, 0.1) is 0 Å². The predicted molar refractivity (Wildman–Crippen MR) is 66.4 cm³/mol. The van der Waals surface area contributed by atoms with Crippen molar-refractivity contribution in [1.29, 1.82) is 0 Å². The summed E-state index contributed by atoms with van der Waals surface area (Å²) in [6, 6.07) is 12.5. The van der Waals surface area contributed by atoms with Gasteiger partial charge in [-0.3, -0.25) is 0 Å². The molecule has 0 amide bonds. The molecule has 0 heterocycles. The zero-order valence-electron chi connectivity index (χ0n) is 9.94. The molecule has 1 atom stereocenters. The normalized spacial score (nSPS) is 12.5. The molecule has 0 aromatic heterocycles. The van der Waals surface area contributed by atoms with Crippen LogP contribution in [0.25, 0.3) is 0 Å². The van der Waals surface area contributed by atoms with Gasteiger partial charge < -0.3 is 5.11 Å². The molecule has 0 spiro atoms. The molecule has 0 aliphatic carbocycles. The average Bonchev–Trinajstić information content (AvgIpc) is 2.33. The maximum atomic E-state index is 13.9. The Morgan fingerprint density at radius 3 is 2.29 bits per heavy atom. The second-order valence-corrected chi connectivity index (χ2v) is 4.29. The highest BCUT2D eigenvalue weighted by Gasteiger charge is 2.15. The van der Waals surface area contributed by atoms with Crippen molar-refractivity contribution in [3.8, 4) is 0 Å². The summed E-state index contributed by atoms with van der Waals surface area (Å²) in [7, 11) is 0. The minimum Gasteiger partial charge on any atom is -0.384 e. The van der Waals surface area contributed by atoms with Crippen LogP contribution in [-0.4, -0.2) is 5.11 Å². The van der Waals surface area contributed by atoms with Crippen LogP contribution in [0.2, 0.25) is 0 Å². The molecule has 2 aromatic carbocycles. The van der Waals surface area contributed by atoms with E-state index in [1.807, 2.05) is 31.2 Å². The van der Waals surface area contributed by atoms with E-state index in [-0.39, 0.29) is 5.82 Å². The van der Waals surface area contributed by atoms with Gasteiger partial charge in [-0.25, -0.2) is 4.39 Å². The first kappa shape index (κ1) is 11.8. The number of halogens is 1. The van der Waals surface area contributed by atoms with Crippen LogP contribution in [0.5, 0.6) is 0 Å². The molecule has 1 nitrogen and oxygen atoms in total. The van der Waals surface area contributed by atoms with Gasteiger partial charge in [-0.15, -0.1) is 0 Å². The molecule has 88 valence electrons. The number of aliphatic hydroxyl groups excluding tert-OH is 1. The molecule has 0 aliphatic rings. The molecule has 0 fully saturated rings. The molecule has 0 bridgehead atoms. The molecule has 2 aromatic rings. The Morgan fingerprint density at radius 1 is 1.00 bits per heavy atom. The van der Waals surface area contributed by atoms with Gasteiger partial charge in [0.1, 0.15) is 11.9 Å². The summed E-state index contributed by atoms with van der Waals surface area (Å²) in [6.45, 7) is 3.67. The smallest absolute Gasteiger partial charge is 0.132 e. The van der Waals surface area contributed by atoms with E-state index in [2.05, 4.69) is 0 Å². The van der Waals surface area contributed by atoms with Crippen LogP contribution in [0.3, 0.4) is 0 Å². The van der Waals surface area contributed by atoms with Crippen LogP contribution in [0.1, 0.15) is 28.4 Å². The van der Waals surface area contributed by atoms with E-state index in [1.54, 1.807) is 25.1 Å². The number of rotatable bonds is 2. The number of hydrogen-bond donors (Lipinski definition) is 1. The van der Waals surface area contributed by atoms with Crippen LogP contribution >= 0.6 is 0 Å². The lowest BCUT2D eigenvalue weighted by Gasteiger charge is -2.13. The second kappa shape index (κ2) is 4.68. The Hall–Kier alpha value is -1.67. The van der Waals surface area contributed by atoms with Crippen molar-refractivity contribution >= 4 is 0 Å². The van der Waals surface area contributed by atoms with Gasteiger partial charge in [-0.1, -0.05) is 48.0 Å². The van der Waals surface area contributed by atoms with Crippen LogP contribution in [0, 0.1) is 19.7 Å². The quantitative estimate of drug-likeness (QED) is 0.836. The minimum absolute atomic E-state index is 0.328. The zero-order valence-corrected chi connectivity index (χ0v) is 9.94. The maximum Gasteiger partial charge on any atom is 0.132 e. The number of aliphatic hydroxyl groups is 1. The first-order chi connectivity index (χ1) is 8.09. The van der Waals surface area contributed by atoms with Crippen molar-refractivity contribution in [2.24, 2.45) is 0 Å². The van der Waals surface area contributed by atoms with E-state index < -0.39 is 6.10 Å². The summed E-state index contributed by atoms with van der Waals surface area (Å²) in [6.07, 6.45) is -0.907. The van der Waals surface area contributed by atoms with Gasteiger partial charge >= 0.3 is 0 Å². The van der Waals surface area contributed by atoms with Crippen LogP contribution in [-0.2, 0) is 0 Å². The number of hydrogen-bond acceptors (Lipinski definition) is 1. The van der Waals surface area contributed by atoms with Crippen molar-refractivity contribution in [3.63, 3.8) is 0 Å². The maximum absolute atomic E-state index is 13.9. The average molecular weight is 230 g/mol. The summed E-state index contributed by atoms with van der Waals surface area (Å²) in [5.74, 6) is -0.333. The van der Waals surface area contributed by atoms with Gasteiger partial charge in [0, 0.05) is 5.56 Å². The Labute approximate surface area is 101 Å². The molecular weight excluding hydrogens is 215 g/mol. The van der Waals surface area contributed by atoms with Crippen molar-refractivity contribution in [3.05, 3.63) is 70.5 Å². The molecule has 0 radical (unpaired) electrons. The first-order valence-electron chi connectivity index (χ1n) is 5.59. The fourth-order valence-corrected chi connectivity index (χ4v) is 1.81. The molecule has 2 rings (SSSR count). The Kier molecular flexibility index (Phi) is 3.25. The molecule has 1 N–H and O–H groups in total. The molecule has 2 heteroatoms. The largest absolute Gasteiger partial charge is 0.384 e. The van der Waals surface area contributed by atoms with E-state index >= 15 is 0 Å². The third kappa shape index (κ3) is 2.37. The summed E-state index contributed by atoms with van der Waals surface area (Å²) in [5, 5.41) is 10.1. The molecule has 0 saturated carbocycles. The first-order valence-corrected chi connectivity index (χ1v) is 5.59. The Morgan fingerprint density at radius 2 is 1.65 bits per heavy atom. The standard InChI is InChI=1S/C15H15FO/c1-10-6-8-12(9-7-10)15(17)13-5-3-4-11(2)14(13)16/h3-9,15,17H,1-2H3. The second-order valence-electron chi connectivity index (χ2n) is 4.29. The molecule has 17 heavy (non-hydrogen) atoms. The lowest BCUT2D eigenvalue weighted by molar-refractivity contribution is 0.214. The van der Waals surface area contributed by atoms with Crippen molar-refractivity contribution in [2.45, 2.75) is 20.0 Å².